The van der Waals surface area contributed by atoms with Crippen LogP contribution in [0.15, 0.2) is 11.6 Å². The minimum Gasteiger partial charge on any atom is -0.396 e. The Bertz CT molecular complexity index is 919. The summed E-state index contributed by atoms with van der Waals surface area (Å²) in [5.41, 5.74) is -0.226. The second-order valence-corrected chi connectivity index (χ2v) is 14.7. The lowest BCUT2D eigenvalue weighted by Gasteiger charge is -2.70. The van der Waals surface area contributed by atoms with Crippen molar-refractivity contribution in [2.24, 2.45) is 45.3 Å². The molecule has 4 aliphatic carbocycles. The molecule has 1 heterocycles. The third kappa shape index (κ3) is 2.85. The molecule has 5 rings (SSSR count). The fourth-order valence-corrected chi connectivity index (χ4v) is 11.0. The molecule has 0 aromatic rings. The zero-order valence-corrected chi connectivity index (χ0v) is 22.8. The highest BCUT2D eigenvalue weighted by Gasteiger charge is 2.73. The lowest BCUT2D eigenvalue weighted by molar-refractivity contribution is -0.237. The maximum atomic E-state index is 13.9. The molecule has 0 unspecified atom stereocenters. The first kappa shape index (κ1) is 25.0. The van der Waals surface area contributed by atoms with E-state index in [1.807, 2.05) is 0 Å². The molecule has 0 aromatic heterocycles. The van der Waals surface area contributed by atoms with Crippen molar-refractivity contribution in [1.29, 1.82) is 0 Å². The summed E-state index contributed by atoms with van der Waals surface area (Å²) in [6.07, 6.45) is 8.51. The van der Waals surface area contributed by atoms with Gasteiger partial charge in [0.05, 0.1) is 23.2 Å². The van der Waals surface area contributed by atoms with Crippen LogP contribution in [0.1, 0.15) is 100 Å². The highest BCUT2D eigenvalue weighted by molar-refractivity contribution is 5.87. The van der Waals surface area contributed by atoms with Crippen LogP contribution in [0.2, 0.25) is 0 Å². The van der Waals surface area contributed by atoms with Crippen LogP contribution in [0.5, 0.6) is 0 Å². The molecule has 9 atom stereocenters. The van der Waals surface area contributed by atoms with E-state index in [0.29, 0.717) is 24.0 Å². The Morgan fingerprint density at radius 2 is 1.65 bits per heavy atom. The van der Waals surface area contributed by atoms with Gasteiger partial charge in [-0.2, -0.15) is 0 Å². The summed E-state index contributed by atoms with van der Waals surface area (Å²) < 4.78 is 6.63. The van der Waals surface area contributed by atoms with Crippen LogP contribution < -0.4 is 0 Å². The van der Waals surface area contributed by atoms with Crippen molar-refractivity contribution in [3.8, 4) is 0 Å². The number of aliphatic hydroxyl groups is 2. The third-order valence-corrected chi connectivity index (χ3v) is 12.6. The van der Waals surface area contributed by atoms with Crippen LogP contribution >= 0.6 is 0 Å². The number of hydrogen-bond donors (Lipinski definition) is 2. The molecular formula is C30H48O4. The van der Waals surface area contributed by atoms with Gasteiger partial charge in [-0.3, -0.25) is 4.79 Å². The van der Waals surface area contributed by atoms with E-state index in [4.69, 9.17) is 4.74 Å². The number of rotatable bonds is 2. The smallest absolute Gasteiger partial charge is 0.140 e. The van der Waals surface area contributed by atoms with Gasteiger partial charge in [-0.15, -0.1) is 0 Å². The van der Waals surface area contributed by atoms with Gasteiger partial charge in [0.2, 0.25) is 0 Å². The van der Waals surface area contributed by atoms with Gasteiger partial charge in [0.25, 0.3) is 0 Å². The lowest BCUT2D eigenvalue weighted by atomic mass is 9.35. The molecule has 4 nitrogen and oxygen atoms in total. The van der Waals surface area contributed by atoms with Gasteiger partial charge in [0, 0.05) is 18.4 Å². The highest BCUT2D eigenvalue weighted by Crippen LogP contribution is 2.75. The van der Waals surface area contributed by atoms with E-state index in [1.165, 1.54) is 0 Å². The molecule has 0 spiro atoms. The van der Waals surface area contributed by atoms with Crippen LogP contribution in [-0.4, -0.2) is 39.9 Å². The number of carbonyl (C=O) groups is 1. The van der Waals surface area contributed by atoms with Gasteiger partial charge >= 0.3 is 0 Å². The summed E-state index contributed by atoms with van der Waals surface area (Å²) >= 11 is 0. The lowest BCUT2D eigenvalue weighted by Crippen LogP contribution is -2.65. The molecule has 0 bridgehead atoms. The first-order chi connectivity index (χ1) is 15.6. The normalized spacial score (nSPS) is 53.6. The molecule has 34 heavy (non-hydrogen) atoms. The van der Waals surface area contributed by atoms with E-state index in [-0.39, 0.29) is 51.8 Å². The van der Waals surface area contributed by atoms with Crippen molar-refractivity contribution in [1.82, 2.24) is 0 Å². The largest absolute Gasteiger partial charge is 0.396 e. The minimum atomic E-state index is -0.594. The van der Waals surface area contributed by atoms with E-state index in [0.717, 1.165) is 44.1 Å². The predicted octanol–water partition coefficient (Wildman–Crippen LogP) is 5.70. The average molecular weight is 473 g/mol. The zero-order valence-electron chi connectivity index (χ0n) is 22.8. The van der Waals surface area contributed by atoms with Crippen molar-refractivity contribution in [3.05, 3.63) is 11.6 Å². The molecule has 4 fully saturated rings. The van der Waals surface area contributed by atoms with Crippen LogP contribution in [0.3, 0.4) is 0 Å². The van der Waals surface area contributed by atoms with E-state index < -0.39 is 5.60 Å². The van der Waals surface area contributed by atoms with Crippen molar-refractivity contribution < 1.29 is 19.7 Å². The van der Waals surface area contributed by atoms with Crippen molar-refractivity contribution >= 4 is 5.78 Å². The molecular weight excluding hydrogens is 424 g/mol. The second-order valence-electron chi connectivity index (χ2n) is 14.7. The summed E-state index contributed by atoms with van der Waals surface area (Å²) in [6.45, 7) is 17.9. The van der Waals surface area contributed by atoms with Crippen molar-refractivity contribution in [3.63, 3.8) is 0 Å². The molecule has 1 aliphatic heterocycles. The number of ketones is 1. The fourth-order valence-electron chi connectivity index (χ4n) is 11.0. The summed E-state index contributed by atoms with van der Waals surface area (Å²) in [5.74, 6) is 1.19. The molecule has 2 N–H and O–H groups in total. The number of fused-ring (bicyclic) bond motifs is 5. The Kier molecular flexibility index (Phi) is 5.28. The van der Waals surface area contributed by atoms with Crippen molar-refractivity contribution in [2.45, 2.75) is 118 Å². The maximum Gasteiger partial charge on any atom is 0.140 e. The van der Waals surface area contributed by atoms with Gasteiger partial charge in [-0.25, -0.2) is 0 Å². The van der Waals surface area contributed by atoms with Crippen LogP contribution in [0.25, 0.3) is 0 Å². The molecule has 4 heteroatoms. The number of hydrogen-bond acceptors (Lipinski definition) is 4. The number of ether oxygens (including phenoxy) is 1. The van der Waals surface area contributed by atoms with Gasteiger partial charge in [0.1, 0.15) is 5.78 Å². The Balaban J connectivity index is 1.57. The zero-order chi connectivity index (χ0) is 25.1. The summed E-state index contributed by atoms with van der Waals surface area (Å²) in [5, 5.41) is 22.0. The number of aliphatic hydroxyl groups excluding tert-OH is 2. The quantitative estimate of drug-likeness (QED) is 0.506. The molecule has 5 aliphatic rings. The number of Topliss-reactive ketones (excluding diaryl/α,β-unsaturated/α-hetero) is 1. The van der Waals surface area contributed by atoms with Crippen LogP contribution in [0.4, 0.5) is 0 Å². The average Bonchev–Trinajstić information content (AvgIpc) is 3.14. The molecule has 4 saturated carbocycles. The first-order valence-electron chi connectivity index (χ1n) is 13.8. The monoisotopic (exact) mass is 472 g/mol. The van der Waals surface area contributed by atoms with E-state index in [1.54, 1.807) is 0 Å². The second kappa shape index (κ2) is 7.19. The highest BCUT2D eigenvalue weighted by atomic mass is 16.5. The molecule has 0 saturated heterocycles. The standard InChI is InChI=1S/C30H48O4/c1-18-15-25(2,3)34-29(18,8)24-19-9-10-22-27(6)13-12-23(33)26(4,5)21(27)11-14-28(22,7)30(19,17-31)16-20(24)32/h15,19,21-24,31,33H,9-14,16-17H2,1-8H3/t19-,21+,22+,23+,24-,27+,28-,29+,30+/m1/s1. The molecule has 192 valence electrons. The first-order valence-corrected chi connectivity index (χ1v) is 13.8. The maximum absolute atomic E-state index is 13.9. The van der Waals surface area contributed by atoms with Gasteiger partial charge in [0.15, 0.2) is 0 Å². The summed E-state index contributed by atoms with van der Waals surface area (Å²) in [4.78, 5) is 13.9. The predicted molar refractivity (Wildman–Crippen MR) is 134 cm³/mol. The summed E-state index contributed by atoms with van der Waals surface area (Å²) in [6, 6.07) is 0. The Morgan fingerprint density at radius 3 is 2.24 bits per heavy atom. The molecule has 0 amide bonds. The van der Waals surface area contributed by atoms with Crippen molar-refractivity contribution in [2.75, 3.05) is 6.61 Å². The van der Waals surface area contributed by atoms with Gasteiger partial charge in [-0.1, -0.05) is 33.8 Å². The van der Waals surface area contributed by atoms with E-state index in [2.05, 4.69) is 61.5 Å². The SMILES string of the molecule is CC1=CC(C)(C)O[C@]1(C)[C@H]1C(=O)C[C@]2(CO)[C@@H]1CC[C@H]1[C@@]3(C)CC[C@H](O)C(C)(C)[C@@H]3CC[C@]12C. The van der Waals surface area contributed by atoms with E-state index in [9.17, 15) is 15.0 Å². The topological polar surface area (TPSA) is 66.8 Å². The molecule has 0 aromatic carbocycles. The third-order valence-electron chi connectivity index (χ3n) is 12.6. The minimum absolute atomic E-state index is 0.0825. The molecule has 0 radical (unpaired) electrons. The summed E-state index contributed by atoms with van der Waals surface area (Å²) in [7, 11) is 0. The van der Waals surface area contributed by atoms with Crippen LogP contribution in [0, 0.1) is 45.3 Å². The Labute approximate surface area is 206 Å². The van der Waals surface area contributed by atoms with E-state index >= 15 is 0 Å². The Morgan fingerprint density at radius 1 is 0.971 bits per heavy atom. The fraction of sp³-hybridized carbons (Fsp3) is 0.900. The Hall–Kier alpha value is -0.710. The van der Waals surface area contributed by atoms with Crippen LogP contribution in [-0.2, 0) is 9.53 Å². The van der Waals surface area contributed by atoms with Gasteiger partial charge < -0.3 is 14.9 Å². The number of carbonyl (C=O) groups excluding carboxylic acids is 1. The van der Waals surface area contributed by atoms with Gasteiger partial charge in [-0.05, 0) is 106 Å².